The second kappa shape index (κ2) is 4.77. The number of piperazine rings is 1. The van der Waals surface area contributed by atoms with Crippen LogP contribution < -0.4 is 5.73 Å². The molecule has 0 radical (unpaired) electrons. The van der Waals surface area contributed by atoms with Gasteiger partial charge in [0.25, 0.3) is 0 Å². The molecule has 1 heterocycles. The van der Waals surface area contributed by atoms with Crippen LogP contribution in [0.5, 0.6) is 0 Å². The van der Waals surface area contributed by atoms with Gasteiger partial charge in [0.15, 0.2) is 0 Å². The van der Waals surface area contributed by atoms with E-state index < -0.39 is 0 Å². The molecule has 1 rings (SSSR count). The molecule has 1 fully saturated rings. The zero-order valence-electron chi connectivity index (χ0n) is 9.86. The summed E-state index contributed by atoms with van der Waals surface area (Å²) in [5.74, 6) is -0.378. The number of amides is 1. The van der Waals surface area contributed by atoms with E-state index in [4.69, 9.17) is 5.73 Å². The summed E-state index contributed by atoms with van der Waals surface area (Å²) in [6.45, 7) is 8.44. The molecule has 0 saturated carbocycles. The second-order valence-corrected chi connectivity index (χ2v) is 4.68. The van der Waals surface area contributed by atoms with Crippen LogP contribution in [0.15, 0.2) is 12.2 Å². The van der Waals surface area contributed by atoms with Gasteiger partial charge in [0, 0.05) is 37.8 Å². The van der Waals surface area contributed by atoms with Gasteiger partial charge in [-0.1, -0.05) is 6.08 Å². The summed E-state index contributed by atoms with van der Waals surface area (Å²) in [5, 5.41) is 0. The van der Waals surface area contributed by atoms with Crippen molar-refractivity contribution in [2.24, 2.45) is 5.73 Å². The zero-order valence-corrected chi connectivity index (χ0v) is 9.86. The van der Waals surface area contributed by atoms with Crippen molar-refractivity contribution in [1.82, 2.24) is 9.80 Å². The van der Waals surface area contributed by atoms with Crippen molar-refractivity contribution < 1.29 is 4.79 Å². The highest BCUT2D eigenvalue weighted by molar-refractivity contribution is 5.85. The Balaban J connectivity index is 2.57. The predicted molar refractivity (Wildman–Crippen MR) is 61.5 cm³/mol. The van der Waals surface area contributed by atoms with E-state index in [9.17, 15) is 4.79 Å². The minimum Gasteiger partial charge on any atom is -0.366 e. The molecule has 1 aliphatic heterocycles. The number of hydrogen-bond acceptors (Lipinski definition) is 3. The van der Waals surface area contributed by atoms with Gasteiger partial charge < -0.3 is 10.6 Å². The van der Waals surface area contributed by atoms with E-state index in [-0.39, 0.29) is 11.4 Å². The molecule has 1 amide bonds. The molecule has 2 N–H and O–H groups in total. The van der Waals surface area contributed by atoms with E-state index in [1.54, 1.807) is 0 Å². The molecule has 4 heteroatoms. The fraction of sp³-hybridized carbons (Fsp3) is 0.727. The van der Waals surface area contributed by atoms with E-state index in [0.29, 0.717) is 0 Å². The maximum Gasteiger partial charge on any atom is 0.241 e. The largest absolute Gasteiger partial charge is 0.366 e. The van der Waals surface area contributed by atoms with Gasteiger partial charge in [-0.15, -0.1) is 0 Å². The fourth-order valence-corrected chi connectivity index (χ4v) is 1.77. The van der Waals surface area contributed by atoms with E-state index in [1.807, 2.05) is 6.08 Å². The molecule has 0 bridgehead atoms. The van der Waals surface area contributed by atoms with Gasteiger partial charge in [0.05, 0.1) is 0 Å². The maximum atomic E-state index is 10.7. The number of nitrogens with two attached hydrogens (primary N) is 1. The number of rotatable bonds is 3. The Morgan fingerprint density at radius 3 is 2.27 bits per heavy atom. The molecule has 0 unspecified atom stereocenters. The average Bonchev–Trinajstić information content (AvgIpc) is 2.16. The first-order chi connectivity index (χ1) is 6.92. The molecule has 0 aliphatic carbocycles. The molecule has 15 heavy (non-hydrogen) atoms. The Kier molecular flexibility index (Phi) is 3.88. The van der Waals surface area contributed by atoms with Crippen LogP contribution in [0, 0.1) is 0 Å². The lowest BCUT2D eigenvalue weighted by Gasteiger charge is -2.41. The van der Waals surface area contributed by atoms with Gasteiger partial charge in [0.2, 0.25) is 5.91 Å². The van der Waals surface area contributed by atoms with Crippen molar-refractivity contribution >= 4 is 5.91 Å². The standard InChI is InChI=1S/C11H21N3O/c1-11(2,5-4-10(12)15)14-8-6-13(3)7-9-14/h4-5H,6-9H2,1-3H3,(H2,12,15). The normalized spacial score (nSPS) is 21.0. The highest BCUT2D eigenvalue weighted by Gasteiger charge is 2.26. The van der Waals surface area contributed by atoms with Gasteiger partial charge >= 0.3 is 0 Å². The summed E-state index contributed by atoms with van der Waals surface area (Å²) in [6, 6.07) is 0. The molecular formula is C11H21N3O. The smallest absolute Gasteiger partial charge is 0.241 e. The maximum absolute atomic E-state index is 10.7. The first kappa shape index (κ1) is 12.2. The minimum absolute atomic E-state index is 0.0870. The summed E-state index contributed by atoms with van der Waals surface area (Å²) in [6.07, 6.45) is 3.35. The Labute approximate surface area is 91.7 Å². The van der Waals surface area contributed by atoms with Crippen LogP contribution in [0.2, 0.25) is 0 Å². The Hall–Kier alpha value is -0.870. The van der Waals surface area contributed by atoms with Crippen LogP contribution in [0.1, 0.15) is 13.8 Å². The molecule has 86 valence electrons. The predicted octanol–water partition coefficient (Wildman–Crippen LogP) is 0.0539. The molecule has 0 aromatic heterocycles. The third-order valence-corrected chi connectivity index (χ3v) is 2.97. The van der Waals surface area contributed by atoms with Crippen LogP contribution in [-0.4, -0.2) is 54.5 Å². The summed E-state index contributed by atoms with van der Waals surface area (Å²) >= 11 is 0. The van der Waals surface area contributed by atoms with Crippen molar-refractivity contribution in [3.05, 3.63) is 12.2 Å². The average molecular weight is 211 g/mol. The van der Waals surface area contributed by atoms with Crippen LogP contribution >= 0.6 is 0 Å². The number of likely N-dealkylation sites (N-methyl/N-ethyl adjacent to an activating group) is 1. The van der Waals surface area contributed by atoms with Crippen molar-refractivity contribution in [2.75, 3.05) is 33.2 Å². The van der Waals surface area contributed by atoms with E-state index >= 15 is 0 Å². The molecule has 0 atom stereocenters. The highest BCUT2D eigenvalue weighted by atomic mass is 16.1. The zero-order chi connectivity index (χ0) is 11.5. The first-order valence-electron chi connectivity index (χ1n) is 5.34. The topological polar surface area (TPSA) is 49.6 Å². The Morgan fingerprint density at radius 1 is 1.27 bits per heavy atom. The molecular weight excluding hydrogens is 190 g/mol. The molecule has 1 saturated heterocycles. The molecule has 0 aromatic rings. The SMILES string of the molecule is CN1CCN(C(C)(C)C=CC(N)=O)CC1. The molecule has 4 nitrogen and oxygen atoms in total. The Bertz CT molecular complexity index is 253. The second-order valence-electron chi connectivity index (χ2n) is 4.68. The van der Waals surface area contributed by atoms with Gasteiger partial charge in [-0.2, -0.15) is 0 Å². The van der Waals surface area contributed by atoms with Crippen molar-refractivity contribution in [1.29, 1.82) is 0 Å². The van der Waals surface area contributed by atoms with Crippen LogP contribution in [0.25, 0.3) is 0 Å². The number of carbonyl (C=O) groups excluding carboxylic acids is 1. The third kappa shape index (κ3) is 3.64. The number of carbonyl (C=O) groups is 1. The molecule has 0 spiro atoms. The summed E-state index contributed by atoms with van der Waals surface area (Å²) in [5.41, 5.74) is 5.01. The molecule has 0 aromatic carbocycles. The van der Waals surface area contributed by atoms with Crippen molar-refractivity contribution in [2.45, 2.75) is 19.4 Å². The summed E-state index contributed by atoms with van der Waals surface area (Å²) in [7, 11) is 2.13. The first-order valence-corrected chi connectivity index (χ1v) is 5.34. The highest BCUT2D eigenvalue weighted by Crippen LogP contribution is 2.17. The van der Waals surface area contributed by atoms with Gasteiger partial charge in [-0.05, 0) is 20.9 Å². The van der Waals surface area contributed by atoms with Crippen LogP contribution in [-0.2, 0) is 4.79 Å². The minimum atomic E-state index is -0.378. The quantitative estimate of drug-likeness (QED) is 0.671. The summed E-state index contributed by atoms with van der Waals surface area (Å²) < 4.78 is 0. The van der Waals surface area contributed by atoms with Gasteiger partial charge in [-0.3, -0.25) is 9.69 Å². The van der Waals surface area contributed by atoms with E-state index in [2.05, 4.69) is 30.7 Å². The Morgan fingerprint density at radius 2 is 1.80 bits per heavy atom. The summed E-state index contributed by atoms with van der Waals surface area (Å²) in [4.78, 5) is 15.4. The van der Waals surface area contributed by atoms with E-state index in [0.717, 1.165) is 26.2 Å². The van der Waals surface area contributed by atoms with Gasteiger partial charge in [-0.25, -0.2) is 0 Å². The van der Waals surface area contributed by atoms with Crippen molar-refractivity contribution in [3.63, 3.8) is 0 Å². The fourth-order valence-electron chi connectivity index (χ4n) is 1.77. The van der Waals surface area contributed by atoms with Crippen LogP contribution in [0.3, 0.4) is 0 Å². The number of nitrogens with zero attached hydrogens (tertiary/aromatic N) is 2. The third-order valence-electron chi connectivity index (χ3n) is 2.97. The number of primary amides is 1. The molecule has 1 aliphatic rings. The lowest BCUT2D eigenvalue weighted by Crippen LogP contribution is -2.52. The monoisotopic (exact) mass is 211 g/mol. The van der Waals surface area contributed by atoms with Crippen LogP contribution in [0.4, 0.5) is 0 Å². The number of hydrogen-bond donors (Lipinski definition) is 1. The van der Waals surface area contributed by atoms with Crippen molar-refractivity contribution in [3.8, 4) is 0 Å². The lowest BCUT2D eigenvalue weighted by atomic mass is 10.0. The van der Waals surface area contributed by atoms with Gasteiger partial charge in [0.1, 0.15) is 0 Å². The van der Waals surface area contributed by atoms with E-state index in [1.165, 1.54) is 6.08 Å². The lowest BCUT2D eigenvalue weighted by molar-refractivity contribution is -0.113.